The highest BCUT2D eigenvalue weighted by atomic mass is 35.5. The molecule has 2 aromatic heterocycles. The zero-order valence-corrected chi connectivity index (χ0v) is 14.9. The number of halogens is 1. The van der Waals surface area contributed by atoms with Gasteiger partial charge in [-0.05, 0) is 31.0 Å². The fourth-order valence-corrected chi connectivity index (χ4v) is 3.01. The van der Waals surface area contributed by atoms with Gasteiger partial charge in [-0.3, -0.25) is 4.79 Å². The SMILES string of the molecule is CCCNC(=O)c1ncc2c(-c3ccc(Cl)nc3C)cccc2c1N. The number of benzene rings is 1. The molecule has 0 bridgehead atoms. The number of carbonyl (C=O) groups excluding carboxylic acids is 1. The molecule has 25 heavy (non-hydrogen) atoms. The molecule has 0 aliphatic rings. The third-order valence-corrected chi connectivity index (χ3v) is 4.28. The molecule has 128 valence electrons. The maximum absolute atomic E-state index is 12.2. The van der Waals surface area contributed by atoms with Crippen LogP contribution in [-0.2, 0) is 0 Å². The number of nitrogens with one attached hydrogen (secondary N) is 1. The highest BCUT2D eigenvalue weighted by Crippen LogP contribution is 2.33. The maximum atomic E-state index is 12.2. The van der Waals surface area contributed by atoms with Crippen LogP contribution in [0.4, 0.5) is 5.69 Å². The van der Waals surface area contributed by atoms with Crippen LogP contribution in [0.15, 0.2) is 36.5 Å². The number of rotatable bonds is 4. The van der Waals surface area contributed by atoms with Gasteiger partial charge in [0.15, 0.2) is 5.69 Å². The van der Waals surface area contributed by atoms with Crippen molar-refractivity contribution in [3.63, 3.8) is 0 Å². The number of aromatic nitrogens is 2. The Morgan fingerprint density at radius 3 is 2.72 bits per heavy atom. The summed E-state index contributed by atoms with van der Waals surface area (Å²) in [6.07, 6.45) is 2.54. The summed E-state index contributed by atoms with van der Waals surface area (Å²) in [6.45, 7) is 4.49. The molecule has 0 unspecified atom stereocenters. The van der Waals surface area contributed by atoms with Crippen molar-refractivity contribution < 1.29 is 4.79 Å². The molecule has 3 rings (SSSR count). The summed E-state index contributed by atoms with van der Waals surface area (Å²) in [4.78, 5) is 20.9. The van der Waals surface area contributed by atoms with Gasteiger partial charge in [0, 0.05) is 34.8 Å². The van der Waals surface area contributed by atoms with Crippen LogP contribution in [-0.4, -0.2) is 22.4 Å². The summed E-state index contributed by atoms with van der Waals surface area (Å²) in [5.41, 5.74) is 9.61. The molecular weight excluding hydrogens is 336 g/mol. The number of anilines is 1. The number of amides is 1. The predicted molar refractivity (Wildman–Crippen MR) is 102 cm³/mol. The Kier molecular flexibility index (Phi) is 4.86. The van der Waals surface area contributed by atoms with Gasteiger partial charge < -0.3 is 11.1 Å². The molecule has 0 saturated heterocycles. The molecule has 2 heterocycles. The third kappa shape index (κ3) is 3.28. The Labute approximate surface area is 151 Å². The molecule has 0 atom stereocenters. The van der Waals surface area contributed by atoms with Crippen LogP contribution in [0.5, 0.6) is 0 Å². The molecular formula is C19H19ClN4O. The number of hydrogen-bond donors (Lipinski definition) is 2. The molecule has 0 spiro atoms. The van der Waals surface area contributed by atoms with E-state index < -0.39 is 0 Å². The smallest absolute Gasteiger partial charge is 0.272 e. The second kappa shape index (κ2) is 7.07. The molecule has 1 aromatic carbocycles. The number of nitrogens with zero attached hydrogens (tertiary/aromatic N) is 2. The van der Waals surface area contributed by atoms with Crippen LogP contribution >= 0.6 is 11.6 Å². The molecule has 1 amide bonds. The fourth-order valence-electron chi connectivity index (χ4n) is 2.82. The first-order chi connectivity index (χ1) is 12.0. The first kappa shape index (κ1) is 17.2. The molecule has 0 fully saturated rings. The molecule has 5 nitrogen and oxygen atoms in total. The molecule has 0 aliphatic heterocycles. The van der Waals surface area contributed by atoms with Crippen LogP contribution in [0.2, 0.25) is 5.15 Å². The Morgan fingerprint density at radius 1 is 1.20 bits per heavy atom. The van der Waals surface area contributed by atoms with Gasteiger partial charge >= 0.3 is 0 Å². The lowest BCUT2D eigenvalue weighted by Crippen LogP contribution is -2.26. The summed E-state index contributed by atoms with van der Waals surface area (Å²) in [5.74, 6) is -0.254. The average Bonchev–Trinajstić information content (AvgIpc) is 2.60. The van der Waals surface area contributed by atoms with Gasteiger partial charge in [0.2, 0.25) is 0 Å². The van der Waals surface area contributed by atoms with Crippen LogP contribution in [0.25, 0.3) is 21.9 Å². The standard InChI is InChI=1S/C19H19ClN4O/c1-3-9-22-19(25)18-17(21)14-6-4-5-13(15(14)10-23-18)12-7-8-16(20)24-11(12)2/h4-8,10H,3,9,21H2,1-2H3,(H,22,25). The minimum absolute atomic E-state index is 0.254. The molecule has 6 heteroatoms. The summed E-state index contributed by atoms with van der Waals surface area (Å²) in [7, 11) is 0. The van der Waals surface area contributed by atoms with Crippen molar-refractivity contribution in [1.29, 1.82) is 0 Å². The van der Waals surface area contributed by atoms with Crippen molar-refractivity contribution >= 4 is 34.0 Å². The highest BCUT2D eigenvalue weighted by molar-refractivity contribution is 6.29. The van der Waals surface area contributed by atoms with Crippen molar-refractivity contribution in [2.24, 2.45) is 0 Å². The predicted octanol–water partition coefficient (Wildman–Crippen LogP) is 3.98. The van der Waals surface area contributed by atoms with E-state index in [0.717, 1.165) is 34.0 Å². The monoisotopic (exact) mass is 354 g/mol. The molecule has 0 radical (unpaired) electrons. The largest absolute Gasteiger partial charge is 0.396 e. The first-order valence-corrected chi connectivity index (χ1v) is 8.49. The maximum Gasteiger partial charge on any atom is 0.272 e. The van der Waals surface area contributed by atoms with Gasteiger partial charge in [-0.1, -0.05) is 36.7 Å². The van der Waals surface area contributed by atoms with Crippen molar-refractivity contribution in [3.8, 4) is 11.1 Å². The first-order valence-electron chi connectivity index (χ1n) is 8.11. The molecule has 0 aliphatic carbocycles. The fraction of sp³-hybridized carbons (Fsp3) is 0.211. The van der Waals surface area contributed by atoms with Crippen LogP contribution in [0.1, 0.15) is 29.5 Å². The minimum Gasteiger partial charge on any atom is -0.396 e. The number of fused-ring (bicyclic) bond motifs is 1. The van der Waals surface area contributed by atoms with Gasteiger partial charge in [-0.2, -0.15) is 0 Å². The number of aryl methyl sites for hydroxylation is 1. The van der Waals surface area contributed by atoms with Gasteiger partial charge in [0.25, 0.3) is 5.91 Å². The Bertz CT molecular complexity index is 956. The summed E-state index contributed by atoms with van der Waals surface area (Å²) in [6, 6.07) is 9.47. The van der Waals surface area contributed by atoms with E-state index in [4.69, 9.17) is 17.3 Å². The Hall–Kier alpha value is -2.66. The summed E-state index contributed by atoms with van der Waals surface area (Å²) >= 11 is 5.96. The zero-order valence-electron chi connectivity index (χ0n) is 14.1. The van der Waals surface area contributed by atoms with E-state index in [1.165, 1.54) is 0 Å². The lowest BCUT2D eigenvalue weighted by molar-refractivity contribution is 0.0950. The lowest BCUT2D eigenvalue weighted by Gasteiger charge is -2.13. The zero-order chi connectivity index (χ0) is 18.0. The molecule has 0 saturated carbocycles. The number of carbonyl (C=O) groups is 1. The third-order valence-electron chi connectivity index (χ3n) is 4.07. The number of nitrogen functional groups attached to an aromatic ring is 1. The van der Waals surface area contributed by atoms with E-state index in [2.05, 4.69) is 15.3 Å². The van der Waals surface area contributed by atoms with Crippen LogP contribution in [0, 0.1) is 6.92 Å². The van der Waals surface area contributed by atoms with Gasteiger partial charge in [0.05, 0.1) is 5.69 Å². The van der Waals surface area contributed by atoms with E-state index in [0.29, 0.717) is 17.4 Å². The topological polar surface area (TPSA) is 80.9 Å². The summed E-state index contributed by atoms with van der Waals surface area (Å²) in [5, 5.41) is 4.93. The van der Waals surface area contributed by atoms with Crippen LogP contribution in [0.3, 0.4) is 0 Å². The number of nitrogens with two attached hydrogens (primary N) is 1. The highest BCUT2D eigenvalue weighted by Gasteiger charge is 2.16. The van der Waals surface area contributed by atoms with E-state index in [1.807, 2.05) is 38.1 Å². The normalized spacial score (nSPS) is 10.8. The van der Waals surface area contributed by atoms with Gasteiger partial charge in [0.1, 0.15) is 5.15 Å². The second-order valence-electron chi connectivity index (χ2n) is 5.81. The van der Waals surface area contributed by atoms with E-state index in [-0.39, 0.29) is 11.6 Å². The van der Waals surface area contributed by atoms with Gasteiger partial charge in [-0.25, -0.2) is 9.97 Å². The van der Waals surface area contributed by atoms with E-state index in [1.54, 1.807) is 12.3 Å². The number of pyridine rings is 2. The van der Waals surface area contributed by atoms with E-state index in [9.17, 15) is 4.79 Å². The molecule has 3 aromatic rings. The van der Waals surface area contributed by atoms with Crippen molar-refractivity contribution in [3.05, 3.63) is 53.1 Å². The molecule has 3 N–H and O–H groups in total. The summed E-state index contributed by atoms with van der Waals surface area (Å²) < 4.78 is 0. The quantitative estimate of drug-likeness (QED) is 0.694. The Balaban J connectivity index is 2.14. The second-order valence-corrected chi connectivity index (χ2v) is 6.20. The number of hydrogen-bond acceptors (Lipinski definition) is 4. The lowest BCUT2D eigenvalue weighted by atomic mass is 9.97. The Morgan fingerprint density at radius 2 is 2.00 bits per heavy atom. The van der Waals surface area contributed by atoms with E-state index >= 15 is 0 Å². The van der Waals surface area contributed by atoms with Crippen molar-refractivity contribution in [2.75, 3.05) is 12.3 Å². The van der Waals surface area contributed by atoms with Crippen molar-refractivity contribution in [1.82, 2.24) is 15.3 Å². The van der Waals surface area contributed by atoms with Gasteiger partial charge in [-0.15, -0.1) is 0 Å². The van der Waals surface area contributed by atoms with Crippen LogP contribution < -0.4 is 11.1 Å². The van der Waals surface area contributed by atoms with Crippen molar-refractivity contribution in [2.45, 2.75) is 20.3 Å². The minimum atomic E-state index is -0.254. The average molecular weight is 355 g/mol.